The van der Waals surface area contributed by atoms with Crippen molar-refractivity contribution in [2.24, 2.45) is 0 Å². The van der Waals surface area contributed by atoms with Gasteiger partial charge in [-0.15, -0.1) is 0 Å². The van der Waals surface area contributed by atoms with Gasteiger partial charge in [-0.25, -0.2) is 19.7 Å². The van der Waals surface area contributed by atoms with E-state index in [1.165, 1.54) is 6.33 Å². The van der Waals surface area contributed by atoms with E-state index in [0.29, 0.717) is 36.7 Å². The number of alkyl carbamates (subject to hydrolysis) is 1. The maximum atomic E-state index is 11.9. The molecule has 4 aromatic rings. The highest BCUT2D eigenvalue weighted by molar-refractivity contribution is 5.82. The Morgan fingerprint density at radius 2 is 1.70 bits per heavy atom. The second kappa shape index (κ2) is 12.6. The van der Waals surface area contributed by atoms with Crippen molar-refractivity contribution in [3.05, 3.63) is 72.3 Å². The average molecular weight is 605 g/mol. The molecule has 4 heterocycles. The number of imidazole rings is 1. The summed E-state index contributed by atoms with van der Waals surface area (Å²) in [5.41, 5.74) is 3.27. The van der Waals surface area contributed by atoms with Crippen molar-refractivity contribution in [2.45, 2.75) is 64.2 Å². The van der Waals surface area contributed by atoms with Crippen molar-refractivity contribution in [2.75, 3.05) is 25.6 Å². The van der Waals surface area contributed by atoms with Gasteiger partial charge in [0, 0.05) is 13.1 Å². The minimum absolute atomic E-state index is 0.0165. The summed E-state index contributed by atoms with van der Waals surface area (Å²) in [5, 5.41) is 5.99. The lowest BCUT2D eigenvalue weighted by molar-refractivity contribution is -0.199. The third-order valence-electron chi connectivity index (χ3n) is 7.41. The number of anilines is 1. The number of carbonyl (C=O) groups is 1. The summed E-state index contributed by atoms with van der Waals surface area (Å²) < 4.78 is 37.0. The second-order valence-electron chi connectivity index (χ2n) is 10.9. The first kappa shape index (κ1) is 29.6. The van der Waals surface area contributed by atoms with Gasteiger partial charge in [0.2, 0.25) is 0 Å². The predicted octanol–water partition coefficient (Wildman–Crippen LogP) is 4.19. The molecule has 2 aromatic heterocycles. The Balaban J connectivity index is 1.11. The number of carbonyl (C=O) groups excluding carboxylic acids is 1. The molecule has 1 amide bonds. The third-order valence-corrected chi connectivity index (χ3v) is 7.41. The summed E-state index contributed by atoms with van der Waals surface area (Å²) in [6, 6.07) is 15.7. The summed E-state index contributed by atoms with van der Waals surface area (Å²) in [5.74, 6) is 1.35. The van der Waals surface area contributed by atoms with Crippen LogP contribution in [0.5, 0.6) is 11.5 Å². The van der Waals surface area contributed by atoms with Crippen LogP contribution in [-0.2, 0) is 32.1 Å². The van der Waals surface area contributed by atoms with Crippen LogP contribution in [0.25, 0.3) is 11.2 Å². The number of hydrogen-bond acceptors (Lipinski definition) is 11. The van der Waals surface area contributed by atoms with Crippen LogP contribution < -0.4 is 20.1 Å². The minimum atomic E-state index is -0.824. The molecule has 2 aliphatic heterocycles. The van der Waals surface area contributed by atoms with E-state index in [2.05, 4.69) is 25.6 Å². The normalized spacial score (nSPS) is 22.0. The smallest absolute Gasteiger partial charge is 0.407 e. The fraction of sp³-hybridized carbons (Fsp3) is 0.419. The molecule has 2 fully saturated rings. The molecule has 13 nitrogen and oxygen atoms in total. The Labute approximate surface area is 254 Å². The van der Waals surface area contributed by atoms with Gasteiger partial charge in [-0.3, -0.25) is 4.57 Å². The number of fused-ring (bicyclic) bond motifs is 2. The molecule has 0 saturated carbocycles. The quantitative estimate of drug-likeness (QED) is 0.255. The van der Waals surface area contributed by atoms with Gasteiger partial charge < -0.3 is 39.1 Å². The lowest BCUT2D eigenvalue weighted by Crippen LogP contribution is -2.35. The van der Waals surface area contributed by atoms with Crippen molar-refractivity contribution in [3.63, 3.8) is 0 Å². The maximum absolute atomic E-state index is 11.9. The first-order chi connectivity index (χ1) is 21.3. The highest BCUT2D eigenvalue weighted by Crippen LogP contribution is 2.44. The first-order valence-electron chi connectivity index (χ1n) is 14.5. The largest absolute Gasteiger partial charge is 0.497 e. The van der Waals surface area contributed by atoms with E-state index in [0.717, 1.165) is 22.6 Å². The number of ether oxygens (including phenoxy) is 6. The third kappa shape index (κ3) is 6.39. The Hall–Kier alpha value is -4.46. The maximum Gasteiger partial charge on any atom is 0.407 e. The van der Waals surface area contributed by atoms with Crippen LogP contribution in [-0.4, -0.2) is 70.0 Å². The lowest BCUT2D eigenvalue weighted by Gasteiger charge is -2.24. The number of amides is 1. The van der Waals surface area contributed by atoms with Crippen molar-refractivity contribution in [1.29, 1.82) is 0 Å². The van der Waals surface area contributed by atoms with Crippen LogP contribution in [0.2, 0.25) is 0 Å². The summed E-state index contributed by atoms with van der Waals surface area (Å²) in [7, 11) is 1.65. The monoisotopic (exact) mass is 604 g/mol. The van der Waals surface area contributed by atoms with Crippen molar-refractivity contribution < 1.29 is 33.2 Å². The Morgan fingerprint density at radius 1 is 0.977 bits per heavy atom. The number of benzene rings is 2. The molecule has 13 heteroatoms. The number of nitrogens with one attached hydrogen (secondary N) is 2. The SMILES string of the molecule is CCNC(=O)OCC1OC(n2cnc3c(NCc4ccc(OCc5ccc(OC)cc5)cc4)ncnc32)C2OC(C)(C)OC12. The zero-order valence-corrected chi connectivity index (χ0v) is 25.1. The molecule has 6 rings (SSSR count). The van der Waals surface area contributed by atoms with E-state index in [-0.39, 0.29) is 6.61 Å². The fourth-order valence-corrected chi connectivity index (χ4v) is 5.32. The van der Waals surface area contributed by atoms with E-state index >= 15 is 0 Å². The summed E-state index contributed by atoms with van der Waals surface area (Å²) >= 11 is 0. The van der Waals surface area contributed by atoms with Crippen LogP contribution in [0.3, 0.4) is 0 Å². The molecule has 232 valence electrons. The fourth-order valence-electron chi connectivity index (χ4n) is 5.32. The summed E-state index contributed by atoms with van der Waals surface area (Å²) in [6.07, 6.45) is 0.602. The molecule has 0 bridgehead atoms. The lowest BCUT2D eigenvalue weighted by atomic mass is 10.1. The van der Waals surface area contributed by atoms with Gasteiger partial charge in [0.05, 0.1) is 13.4 Å². The molecule has 2 N–H and O–H groups in total. The Bertz CT molecular complexity index is 1580. The number of hydrogen-bond donors (Lipinski definition) is 2. The molecular formula is C31H36N6O7. The number of nitrogens with zero attached hydrogens (tertiary/aromatic N) is 4. The zero-order chi connectivity index (χ0) is 30.7. The molecular weight excluding hydrogens is 568 g/mol. The highest BCUT2D eigenvalue weighted by atomic mass is 16.8. The standard InChI is InChI=1S/C31H36N6O7/c1-5-32-30(38)41-16-23-25-26(44-31(2,3)43-25)29(42-23)37-18-36-24-27(34-17-35-28(24)37)33-14-19-6-12-22(13-7-19)40-15-20-8-10-21(39-4)11-9-20/h6-13,17-18,23,25-26,29H,5,14-16H2,1-4H3,(H,32,38)(H,33,34,35). The van der Waals surface area contributed by atoms with E-state index in [4.69, 9.17) is 28.4 Å². The molecule has 2 aliphatic rings. The molecule has 0 spiro atoms. The average Bonchev–Trinajstić information content (AvgIpc) is 3.69. The molecule has 2 aromatic carbocycles. The van der Waals surface area contributed by atoms with Gasteiger partial charge in [-0.2, -0.15) is 0 Å². The van der Waals surface area contributed by atoms with Gasteiger partial charge in [0.1, 0.15) is 49.4 Å². The van der Waals surface area contributed by atoms with Crippen LogP contribution in [0, 0.1) is 0 Å². The predicted molar refractivity (Wildman–Crippen MR) is 159 cm³/mol. The van der Waals surface area contributed by atoms with Crippen LogP contribution in [0.1, 0.15) is 38.1 Å². The summed E-state index contributed by atoms with van der Waals surface area (Å²) in [4.78, 5) is 25.4. The van der Waals surface area contributed by atoms with Gasteiger partial charge in [0.25, 0.3) is 0 Å². The highest BCUT2D eigenvalue weighted by Gasteiger charge is 2.56. The van der Waals surface area contributed by atoms with Crippen LogP contribution in [0.4, 0.5) is 10.6 Å². The van der Waals surface area contributed by atoms with E-state index in [1.54, 1.807) is 13.4 Å². The molecule has 44 heavy (non-hydrogen) atoms. The molecule has 4 atom stereocenters. The molecule has 2 saturated heterocycles. The first-order valence-corrected chi connectivity index (χ1v) is 14.5. The number of rotatable bonds is 11. The van der Waals surface area contributed by atoms with E-state index in [1.807, 2.05) is 73.9 Å². The van der Waals surface area contributed by atoms with Crippen LogP contribution in [0.15, 0.2) is 61.2 Å². The molecule has 0 aliphatic carbocycles. The van der Waals surface area contributed by atoms with E-state index < -0.39 is 36.4 Å². The van der Waals surface area contributed by atoms with Crippen molar-refractivity contribution in [3.8, 4) is 11.5 Å². The zero-order valence-electron chi connectivity index (χ0n) is 25.1. The molecule has 4 unspecified atom stereocenters. The Morgan fingerprint density at radius 3 is 2.45 bits per heavy atom. The minimum Gasteiger partial charge on any atom is -0.497 e. The van der Waals surface area contributed by atoms with Gasteiger partial charge in [-0.05, 0) is 56.2 Å². The van der Waals surface area contributed by atoms with Gasteiger partial charge >= 0.3 is 6.09 Å². The van der Waals surface area contributed by atoms with Gasteiger partial charge in [-0.1, -0.05) is 24.3 Å². The Kier molecular flexibility index (Phi) is 8.51. The van der Waals surface area contributed by atoms with Crippen LogP contribution >= 0.6 is 0 Å². The number of methoxy groups -OCH3 is 1. The second-order valence-corrected chi connectivity index (χ2v) is 10.9. The topological polar surface area (TPSA) is 140 Å². The summed E-state index contributed by atoms with van der Waals surface area (Å²) in [6.45, 7) is 6.98. The van der Waals surface area contributed by atoms with Gasteiger partial charge in [0.15, 0.2) is 29.0 Å². The molecule has 0 radical (unpaired) electrons. The van der Waals surface area contributed by atoms with Crippen molar-refractivity contribution in [1.82, 2.24) is 24.8 Å². The van der Waals surface area contributed by atoms with E-state index in [9.17, 15) is 4.79 Å². The number of aromatic nitrogens is 4. The van der Waals surface area contributed by atoms with Crippen molar-refractivity contribution >= 4 is 23.1 Å².